The van der Waals surface area contributed by atoms with Gasteiger partial charge in [-0.2, -0.15) is 0 Å². The summed E-state index contributed by atoms with van der Waals surface area (Å²) in [4.78, 5) is 12.4. The number of aliphatic hydroxyl groups is 1. The molecule has 0 aliphatic heterocycles. The van der Waals surface area contributed by atoms with Gasteiger partial charge in [-0.1, -0.05) is 42.3 Å². The highest BCUT2D eigenvalue weighted by Gasteiger charge is 2.24. The zero-order valence-corrected chi connectivity index (χ0v) is 15.2. The van der Waals surface area contributed by atoms with Gasteiger partial charge in [-0.25, -0.2) is 4.39 Å². The van der Waals surface area contributed by atoms with Crippen LogP contribution in [-0.2, 0) is 11.2 Å². The molecule has 25 heavy (non-hydrogen) atoms. The van der Waals surface area contributed by atoms with E-state index < -0.39 is 5.82 Å². The first-order valence-corrected chi connectivity index (χ1v) is 8.91. The lowest BCUT2D eigenvalue weighted by Gasteiger charge is -2.19. The van der Waals surface area contributed by atoms with Gasteiger partial charge in [-0.05, 0) is 47.7 Å². The molecular formula is C20H17Cl2FO2. The second kappa shape index (κ2) is 7.19. The molecule has 0 bridgehead atoms. The van der Waals surface area contributed by atoms with E-state index in [1.165, 1.54) is 12.1 Å². The van der Waals surface area contributed by atoms with Crippen molar-refractivity contribution in [1.82, 2.24) is 0 Å². The van der Waals surface area contributed by atoms with Gasteiger partial charge in [0.25, 0.3) is 0 Å². The van der Waals surface area contributed by atoms with Crippen LogP contribution in [0.4, 0.5) is 4.39 Å². The third-order valence-electron chi connectivity index (χ3n) is 4.44. The van der Waals surface area contributed by atoms with Crippen LogP contribution in [0.5, 0.6) is 0 Å². The van der Waals surface area contributed by atoms with Crippen LogP contribution in [0.15, 0.2) is 36.1 Å². The molecule has 0 spiro atoms. The van der Waals surface area contributed by atoms with E-state index in [0.717, 1.165) is 5.56 Å². The van der Waals surface area contributed by atoms with Gasteiger partial charge in [0.2, 0.25) is 0 Å². The summed E-state index contributed by atoms with van der Waals surface area (Å²) < 4.78 is 14.4. The first kappa shape index (κ1) is 18.0. The number of rotatable bonds is 3. The van der Waals surface area contributed by atoms with Crippen molar-refractivity contribution in [2.24, 2.45) is 0 Å². The van der Waals surface area contributed by atoms with E-state index in [4.69, 9.17) is 23.2 Å². The van der Waals surface area contributed by atoms with Crippen LogP contribution in [0.1, 0.15) is 37.3 Å². The van der Waals surface area contributed by atoms with Crippen molar-refractivity contribution in [3.8, 4) is 11.1 Å². The van der Waals surface area contributed by atoms with Gasteiger partial charge in [-0.3, -0.25) is 4.79 Å². The number of ketones is 1. The molecule has 2 aromatic carbocycles. The minimum atomic E-state index is -0.527. The molecule has 1 N–H and O–H groups in total. The Morgan fingerprint density at radius 1 is 1.16 bits per heavy atom. The number of aryl methyl sites for hydroxylation is 1. The summed E-state index contributed by atoms with van der Waals surface area (Å²) in [6.07, 6.45) is 2.22. The summed E-state index contributed by atoms with van der Waals surface area (Å²) in [6.45, 7) is 1.97. The molecule has 0 amide bonds. The number of benzene rings is 2. The molecule has 1 aliphatic rings. The number of hydrogen-bond donors (Lipinski definition) is 1. The fraction of sp³-hybridized carbons (Fsp3) is 0.250. The largest absolute Gasteiger partial charge is 0.512 e. The number of carbonyl (C=O) groups excluding carboxylic acids is 1. The third kappa shape index (κ3) is 3.44. The van der Waals surface area contributed by atoms with Gasteiger partial charge < -0.3 is 5.11 Å². The molecule has 130 valence electrons. The highest BCUT2D eigenvalue weighted by Crippen LogP contribution is 2.37. The topological polar surface area (TPSA) is 37.3 Å². The first-order valence-electron chi connectivity index (χ1n) is 8.16. The summed E-state index contributed by atoms with van der Waals surface area (Å²) in [5.74, 6) is -0.509. The van der Waals surface area contributed by atoms with Crippen molar-refractivity contribution < 1.29 is 14.3 Å². The lowest BCUT2D eigenvalue weighted by atomic mass is 9.86. The van der Waals surface area contributed by atoms with Crippen LogP contribution >= 0.6 is 23.2 Å². The lowest BCUT2D eigenvalue weighted by molar-refractivity contribution is -0.114. The molecule has 0 atom stereocenters. The summed E-state index contributed by atoms with van der Waals surface area (Å²) >= 11 is 12.0. The van der Waals surface area contributed by atoms with E-state index in [9.17, 15) is 14.3 Å². The van der Waals surface area contributed by atoms with E-state index in [-0.39, 0.29) is 27.2 Å². The Morgan fingerprint density at radius 3 is 2.56 bits per heavy atom. The van der Waals surface area contributed by atoms with Gasteiger partial charge in [0.15, 0.2) is 5.78 Å². The zero-order valence-electron chi connectivity index (χ0n) is 13.7. The van der Waals surface area contributed by atoms with E-state index >= 15 is 0 Å². The Morgan fingerprint density at radius 2 is 1.92 bits per heavy atom. The van der Waals surface area contributed by atoms with Gasteiger partial charge in [0.1, 0.15) is 11.6 Å². The summed E-state index contributed by atoms with van der Waals surface area (Å²) in [7, 11) is 0. The van der Waals surface area contributed by atoms with Crippen LogP contribution < -0.4 is 0 Å². The molecule has 5 heteroatoms. The van der Waals surface area contributed by atoms with E-state index in [0.29, 0.717) is 42.4 Å². The van der Waals surface area contributed by atoms with E-state index in [2.05, 4.69) is 0 Å². The maximum absolute atomic E-state index is 14.4. The standard InChI is InChI=1S/C20H17Cl2FO2/c1-2-11-6-7-12(19-15(22)9-13(21)10-16(19)23)8-14(11)20-17(24)4-3-5-18(20)25/h6-10,24H,2-5H2,1H3. The second-order valence-corrected chi connectivity index (χ2v) is 6.91. The monoisotopic (exact) mass is 378 g/mol. The van der Waals surface area contributed by atoms with Crippen molar-refractivity contribution in [3.05, 3.63) is 63.1 Å². The number of Topliss-reactive ketones (excluding diaryl/α,β-unsaturated/α-hetero) is 1. The predicted molar refractivity (Wildman–Crippen MR) is 99.6 cm³/mol. The number of carbonyl (C=O) groups is 1. The molecule has 0 fully saturated rings. The summed E-state index contributed by atoms with van der Waals surface area (Å²) in [6, 6.07) is 8.03. The number of halogens is 3. The summed E-state index contributed by atoms with van der Waals surface area (Å²) in [5.41, 5.74) is 2.69. The fourth-order valence-corrected chi connectivity index (χ4v) is 3.80. The average Bonchev–Trinajstić information content (AvgIpc) is 2.54. The van der Waals surface area contributed by atoms with Crippen molar-refractivity contribution >= 4 is 34.6 Å². The van der Waals surface area contributed by atoms with E-state index in [1.807, 2.05) is 13.0 Å². The maximum Gasteiger partial charge on any atom is 0.166 e. The minimum absolute atomic E-state index is 0.0849. The minimum Gasteiger partial charge on any atom is -0.512 e. The third-order valence-corrected chi connectivity index (χ3v) is 4.96. The van der Waals surface area contributed by atoms with Crippen LogP contribution in [0.3, 0.4) is 0 Å². The van der Waals surface area contributed by atoms with Gasteiger partial charge in [0, 0.05) is 23.4 Å². The molecular weight excluding hydrogens is 362 g/mol. The second-order valence-electron chi connectivity index (χ2n) is 6.07. The predicted octanol–water partition coefficient (Wildman–Crippen LogP) is 6.38. The molecule has 0 aromatic heterocycles. The van der Waals surface area contributed by atoms with Crippen LogP contribution in [0.2, 0.25) is 10.0 Å². The molecule has 2 aromatic rings. The van der Waals surface area contributed by atoms with Crippen LogP contribution in [0, 0.1) is 5.82 Å². The fourth-order valence-electron chi connectivity index (χ4n) is 3.22. The lowest BCUT2D eigenvalue weighted by Crippen LogP contribution is -2.12. The number of hydrogen-bond acceptors (Lipinski definition) is 2. The van der Waals surface area contributed by atoms with Gasteiger partial charge in [0.05, 0.1) is 10.6 Å². The van der Waals surface area contributed by atoms with Crippen LogP contribution in [-0.4, -0.2) is 10.9 Å². The van der Waals surface area contributed by atoms with E-state index in [1.54, 1.807) is 12.1 Å². The molecule has 0 radical (unpaired) electrons. The van der Waals surface area contributed by atoms with Gasteiger partial charge in [-0.15, -0.1) is 0 Å². The number of allylic oxidation sites excluding steroid dienone is 2. The smallest absolute Gasteiger partial charge is 0.166 e. The molecule has 3 rings (SSSR count). The van der Waals surface area contributed by atoms with Crippen LogP contribution in [0.25, 0.3) is 16.7 Å². The highest BCUT2D eigenvalue weighted by atomic mass is 35.5. The Kier molecular flexibility index (Phi) is 5.16. The van der Waals surface area contributed by atoms with Crippen molar-refractivity contribution in [1.29, 1.82) is 0 Å². The Hall–Kier alpha value is -1.84. The first-order chi connectivity index (χ1) is 11.9. The molecule has 2 nitrogen and oxygen atoms in total. The molecule has 0 saturated heterocycles. The van der Waals surface area contributed by atoms with Gasteiger partial charge >= 0.3 is 0 Å². The van der Waals surface area contributed by atoms with Crippen molar-refractivity contribution in [2.45, 2.75) is 32.6 Å². The quantitative estimate of drug-likeness (QED) is 0.672. The number of aliphatic hydroxyl groups excluding tert-OH is 1. The normalized spacial score (nSPS) is 15.0. The molecule has 1 aliphatic carbocycles. The molecule has 0 unspecified atom stereocenters. The van der Waals surface area contributed by atoms with Crippen molar-refractivity contribution in [3.63, 3.8) is 0 Å². The highest BCUT2D eigenvalue weighted by molar-refractivity contribution is 6.36. The SMILES string of the molecule is CCc1ccc(-c2c(F)cc(Cl)cc2Cl)cc1C1=C(O)CCCC1=O. The Labute approximate surface area is 155 Å². The summed E-state index contributed by atoms with van der Waals surface area (Å²) in [5, 5.41) is 10.7. The zero-order chi connectivity index (χ0) is 18.1. The molecule has 0 heterocycles. The molecule has 0 saturated carbocycles. The van der Waals surface area contributed by atoms with Crippen molar-refractivity contribution in [2.75, 3.05) is 0 Å². The maximum atomic E-state index is 14.4. The average molecular weight is 379 g/mol. The Balaban J connectivity index is 2.22. The Bertz CT molecular complexity index is 864.